The lowest BCUT2D eigenvalue weighted by Gasteiger charge is -2.22. The van der Waals surface area contributed by atoms with E-state index >= 15 is 0 Å². The molecule has 0 aliphatic heterocycles. The lowest BCUT2D eigenvalue weighted by atomic mass is 9.88. The lowest BCUT2D eigenvalue weighted by Crippen LogP contribution is -2.45. The minimum atomic E-state index is 0. The number of hydrazine groups is 1. The molecule has 0 spiro atoms. The summed E-state index contributed by atoms with van der Waals surface area (Å²) >= 11 is 0. The fraction of sp³-hybridized carbons (Fsp3) is 0.750. The normalized spacial score (nSPS) is 10.2. The highest BCUT2D eigenvalue weighted by Crippen LogP contribution is 2.23. The third kappa shape index (κ3) is 71.1. The van der Waals surface area contributed by atoms with Gasteiger partial charge < -0.3 is 15.6 Å². The van der Waals surface area contributed by atoms with Crippen LogP contribution in [-0.2, 0) is 4.84 Å². The van der Waals surface area contributed by atoms with Crippen molar-refractivity contribution >= 4 is 28.6 Å². The smallest absolute Gasteiger partial charge is 0.122 e. The van der Waals surface area contributed by atoms with Crippen LogP contribution in [0.15, 0.2) is 61.8 Å². The molecule has 9 heteroatoms. The second-order valence-corrected chi connectivity index (χ2v) is 17.6. The number of aliphatic imine (C=N–C) groups is 4. The van der Waals surface area contributed by atoms with E-state index in [9.17, 15) is 0 Å². The molecule has 0 fully saturated rings. The summed E-state index contributed by atoms with van der Waals surface area (Å²) in [5.74, 6) is 0.699. The summed E-state index contributed by atoms with van der Waals surface area (Å²) < 4.78 is 0. The minimum Gasteiger partial charge on any atom is -0.393 e. The highest BCUT2D eigenvalue weighted by atomic mass is 16.6. The standard InChI is InChI=1S/C10H21N3.C10H20N2.C10H19N.C7H15N.C6H13NO.CH4/c1-8(2)11-7-9(3)12-13-10(4,5)6;1-8(2)11-7-9(3)12-10(4,5)6;1-8(2)11-7-9(3)10(4,5)6;1-6(2)5-8-7(3)4;1-5(2)7-8-6(3)4;/h12-13H,3,7H2,1-2,4-6H3;12H,3,7H2,1-2,4-6H3;3,7H2,1-2,4-6H3;6H,5H2,1-4H3;6H,1-4H3;1H4. The number of hydrogen-bond acceptors (Lipinski definition) is 9. The van der Waals surface area contributed by atoms with Crippen LogP contribution in [0.4, 0.5) is 0 Å². The molecular formula is C44H92N8O. The third-order valence-electron chi connectivity index (χ3n) is 5.20. The molecule has 3 N–H and O–H groups in total. The van der Waals surface area contributed by atoms with Crippen LogP contribution in [0.1, 0.15) is 167 Å². The highest BCUT2D eigenvalue weighted by molar-refractivity contribution is 5.80. The summed E-state index contributed by atoms with van der Waals surface area (Å²) in [5, 5.41) is 7.01. The van der Waals surface area contributed by atoms with Gasteiger partial charge in [-0.05, 0) is 136 Å². The number of nitrogens with one attached hydrogen (secondary N) is 3. The molecule has 0 amide bonds. The Labute approximate surface area is 332 Å². The van der Waals surface area contributed by atoms with Crippen molar-refractivity contribution in [3.8, 4) is 0 Å². The van der Waals surface area contributed by atoms with Crippen LogP contribution in [0.5, 0.6) is 0 Å². The van der Waals surface area contributed by atoms with E-state index in [1.54, 1.807) is 0 Å². The molecule has 0 atom stereocenters. The van der Waals surface area contributed by atoms with Crippen LogP contribution in [0.25, 0.3) is 0 Å². The largest absolute Gasteiger partial charge is 0.393 e. The summed E-state index contributed by atoms with van der Waals surface area (Å²) in [4.78, 5) is 21.9. The number of oxime groups is 1. The first kappa shape index (κ1) is 61.9. The van der Waals surface area contributed by atoms with Crippen LogP contribution >= 0.6 is 0 Å². The van der Waals surface area contributed by atoms with Crippen LogP contribution < -0.4 is 16.2 Å². The van der Waals surface area contributed by atoms with Gasteiger partial charge >= 0.3 is 0 Å². The van der Waals surface area contributed by atoms with Gasteiger partial charge in [0.1, 0.15) is 6.10 Å². The maximum Gasteiger partial charge on any atom is 0.122 e. The van der Waals surface area contributed by atoms with Gasteiger partial charge in [-0.25, -0.2) is 5.43 Å². The summed E-state index contributed by atoms with van der Waals surface area (Å²) in [5.41, 5.74) is 15.0. The zero-order valence-electron chi connectivity index (χ0n) is 38.7. The monoisotopic (exact) mass is 749 g/mol. The van der Waals surface area contributed by atoms with Gasteiger partial charge in [-0.15, -0.1) is 0 Å². The van der Waals surface area contributed by atoms with Crippen LogP contribution in [0.2, 0.25) is 0 Å². The van der Waals surface area contributed by atoms with Crippen molar-refractivity contribution in [1.29, 1.82) is 0 Å². The van der Waals surface area contributed by atoms with Crippen molar-refractivity contribution in [2.75, 3.05) is 26.2 Å². The quantitative estimate of drug-likeness (QED) is 0.0990. The Bertz CT molecular complexity index is 1090. The average Bonchev–Trinajstić information content (AvgIpc) is 2.94. The van der Waals surface area contributed by atoms with Crippen LogP contribution in [0.3, 0.4) is 0 Å². The number of rotatable bonds is 13. The van der Waals surface area contributed by atoms with Crippen molar-refractivity contribution in [2.24, 2.45) is 36.5 Å². The Morgan fingerprint density at radius 2 is 0.925 bits per heavy atom. The first-order valence-electron chi connectivity index (χ1n) is 18.6. The van der Waals surface area contributed by atoms with Crippen molar-refractivity contribution in [1.82, 2.24) is 16.2 Å². The van der Waals surface area contributed by atoms with E-state index in [-0.39, 0.29) is 30.0 Å². The Morgan fingerprint density at radius 3 is 1.17 bits per heavy atom. The molecule has 0 saturated heterocycles. The van der Waals surface area contributed by atoms with Crippen molar-refractivity contribution < 1.29 is 4.84 Å². The van der Waals surface area contributed by atoms with Gasteiger partial charge in [0.05, 0.1) is 25.3 Å². The predicted molar refractivity (Wildman–Crippen MR) is 247 cm³/mol. The Hall–Kier alpha value is -3.07. The predicted octanol–water partition coefficient (Wildman–Crippen LogP) is 11.9. The molecule has 0 bridgehead atoms. The maximum absolute atomic E-state index is 4.89. The molecule has 0 aliphatic carbocycles. The molecule has 9 nitrogen and oxygen atoms in total. The number of nitrogens with zero attached hydrogens (tertiary/aromatic N) is 5. The lowest BCUT2D eigenvalue weighted by molar-refractivity contribution is 0.0857. The van der Waals surface area contributed by atoms with Crippen LogP contribution in [0, 0.1) is 11.3 Å². The van der Waals surface area contributed by atoms with Crippen molar-refractivity contribution in [3.63, 3.8) is 0 Å². The Balaban J connectivity index is -0.000000131. The Morgan fingerprint density at radius 1 is 0.547 bits per heavy atom. The summed E-state index contributed by atoms with van der Waals surface area (Å²) in [6.07, 6.45) is 0.199. The zero-order valence-corrected chi connectivity index (χ0v) is 38.7. The topological polar surface area (TPSA) is 107 Å². The zero-order chi connectivity index (χ0) is 42.5. The van der Waals surface area contributed by atoms with Gasteiger partial charge in [-0.3, -0.25) is 20.0 Å². The molecule has 0 rings (SSSR count). The fourth-order valence-electron chi connectivity index (χ4n) is 2.46. The fourth-order valence-corrected chi connectivity index (χ4v) is 2.46. The average molecular weight is 749 g/mol. The van der Waals surface area contributed by atoms with Crippen LogP contribution in [-0.4, -0.2) is 71.9 Å². The minimum absolute atomic E-state index is 0. The molecule has 53 heavy (non-hydrogen) atoms. The Kier molecular flexibility index (Phi) is 39.1. The van der Waals surface area contributed by atoms with E-state index in [0.29, 0.717) is 19.0 Å². The number of hydrogen-bond donors (Lipinski definition) is 3. The van der Waals surface area contributed by atoms with E-state index in [2.05, 4.69) is 137 Å². The molecule has 0 aromatic carbocycles. The van der Waals surface area contributed by atoms with E-state index in [4.69, 9.17) is 4.84 Å². The molecule has 0 saturated carbocycles. The van der Waals surface area contributed by atoms with E-state index in [1.807, 2.05) is 83.1 Å². The second kappa shape index (κ2) is 33.5. The third-order valence-corrected chi connectivity index (χ3v) is 5.20. The molecule has 0 aromatic rings. The van der Waals surface area contributed by atoms with E-state index in [1.165, 1.54) is 11.3 Å². The summed E-state index contributed by atoms with van der Waals surface area (Å²) in [6, 6.07) is 0. The van der Waals surface area contributed by atoms with E-state index < -0.39 is 0 Å². The van der Waals surface area contributed by atoms with Gasteiger partial charge in [0.25, 0.3) is 0 Å². The van der Waals surface area contributed by atoms with Gasteiger partial charge in [0.15, 0.2) is 0 Å². The molecule has 0 aliphatic rings. The van der Waals surface area contributed by atoms with Crippen molar-refractivity contribution in [3.05, 3.63) is 36.7 Å². The molecule has 0 radical (unpaired) electrons. The molecule has 314 valence electrons. The molecule has 0 aromatic heterocycles. The van der Waals surface area contributed by atoms with Crippen molar-refractivity contribution in [2.45, 2.75) is 184 Å². The SMILES string of the molecule is C.C=C(CN=C(C)C)C(C)(C)C.C=C(CN=C(C)C)NC(C)(C)C.C=C(CN=C(C)C)NNC(C)(C)C.CC(C)=NCC(C)C.CC(C)=NOC(C)C. The summed E-state index contributed by atoms with van der Waals surface area (Å²) in [6.45, 7) is 61.9. The molecule has 0 heterocycles. The first-order chi connectivity index (χ1) is 23.2. The van der Waals surface area contributed by atoms with Gasteiger partial charge in [-0.1, -0.05) is 72.5 Å². The maximum atomic E-state index is 4.89. The van der Waals surface area contributed by atoms with Gasteiger partial charge in [-0.2, -0.15) is 0 Å². The first-order valence-corrected chi connectivity index (χ1v) is 18.6. The highest BCUT2D eigenvalue weighted by Gasteiger charge is 2.13. The van der Waals surface area contributed by atoms with Gasteiger partial charge in [0, 0.05) is 51.9 Å². The molecule has 0 unspecified atom stereocenters. The van der Waals surface area contributed by atoms with E-state index in [0.717, 1.165) is 47.3 Å². The summed E-state index contributed by atoms with van der Waals surface area (Å²) in [7, 11) is 0. The second-order valence-electron chi connectivity index (χ2n) is 17.6. The van der Waals surface area contributed by atoms with Gasteiger partial charge in [0.2, 0.25) is 0 Å². The molecular weight excluding hydrogens is 657 g/mol.